The molecule has 1 aromatic heterocycles. The number of benzene rings is 4. The largest absolute Gasteiger partial charge is 0.494 e. The number of aromatic carboxylic acids is 1. The number of rotatable bonds is 7. The van der Waals surface area contributed by atoms with Crippen LogP contribution in [0.2, 0.25) is 0 Å². The van der Waals surface area contributed by atoms with Crippen molar-refractivity contribution >= 4 is 34.3 Å². The molecule has 0 saturated carbocycles. The van der Waals surface area contributed by atoms with Gasteiger partial charge >= 0.3 is 18.1 Å². The van der Waals surface area contributed by atoms with E-state index < -0.39 is 18.1 Å². The number of carbonyl (C=O) groups is 3. The normalized spacial score (nSPS) is 13.1. The highest BCUT2D eigenvalue weighted by atomic mass is 19.4. The molecule has 2 N–H and O–H groups in total. The summed E-state index contributed by atoms with van der Waals surface area (Å²) in [5, 5.41) is 18.9. The van der Waals surface area contributed by atoms with Crippen LogP contribution in [0.5, 0.6) is 5.75 Å². The van der Waals surface area contributed by atoms with Crippen LogP contribution in [0.15, 0.2) is 91.1 Å². The number of nitrogens with zero attached hydrogens (tertiary/aromatic N) is 4. The van der Waals surface area contributed by atoms with Crippen molar-refractivity contribution in [2.45, 2.75) is 20.0 Å². The average Bonchev–Trinajstić information content (AvgIpc) is 3.53. The number of aromatic nitrogens is 2. The number of ether oxygens (including phenoxy) is 1. The van der Waals surface area contributed by atoms with E-state index in [4.69, 9.17) is 19.6 Å². The Labute approximate surface area is 279 Å². The molecule has 5 aromatic rings. The van der Waals surface area contributed by atoms with Crippen molar-refractivity contribution in [1.29, 1.82) is 0 Å². The van der Waals surface area contributed by atoms with E-state index in [0.717, 1.165) is 33.3 Å². The molecule has 0 unspecified atom stereocenters. The number of alkyl halides is 3. The van der Waals surface area contributed by atoms with Gasteiger partial charge in [0.2, 0.25) is 0 Å². The zero-order valence-corrected chi connectivity index (χ0v) is 26.6. The molecule has 13 heteroatoms. The summed E-state index contributed by atoms with van der Waals surface area (Å²) >= 11 is 0. The van der Waals surface area contributed by atoms with Crippen LogP contribution < -0.4 is 9.64 Å². The predicted molar refractivity (Wildman–Crippen MR) is 178 cm³/mol. The standard InChI is InChI=1S/C34H32N4O4.C2HF3O2/c1-3-42-28-10-6-9-27(21-28)38-22-30(35-32(38)24-13-11-23(2)12-14-24)33(39)37-17-15-36(16-18-37)31-20-26-8-5-4-7-25(26)19-29(31)34(40)41;3-2(4,5)1(6)7/h4-14,19-22H,3,15-18H2,1-2H3,(H,40,41);(H,6,7). The maximum atomic E-state index is 13.8. The van der Waals surface area contributed by atoms with E-state index in [1.54, 1.807) is 17.2 Å². The monoisotopic (exact) mass is 674 g/mol. The van der Waals surface area contributed by atoms with E-state index in [1.807, 2.05) is 97.3 Å². The lowest BCUT2D eigenvalue weighted by molar-refractivity contribution is -0.192. The summed E-state index contributed by atoms with van der Waals surface area (Å²) in [6, 6.07) is 27.2. The van der Waals surface area contributed by atoms with E-state index in [1.165, 1.54) is 0 Å². The minimum absolute atomic E-state index is 0.153. The number of amides is 1. The van der Waals surface area contributed by atoms with E-state index >= 15 is 0 Å². The Morgan fingerprint density at radius 3 is 2.08 bits per heavy atom. The van der Waals surface area contributed by atoms with Gasteiger partial charge in [-0.15, -0.1) is 0 Å². The van der Waals surface area contributed by atoms with Gasteiger partial charge in [-0.25, -0.2) is 14.6 Å². The molecule has 49 heavy (non-hydrogen) atoms. The second-order valence-electron chi connectivity index (χ2n) is 11.2. The maximum Gasteiger partial charge on any atom is 0.490 e. The van der Waals surface area contributed by atoms with Gasteiger partial charge in [0.05, 0.1) is 23.5 Å². The Kier molecular flexibility index (Phi) is 10.2. The molecule has 2 heterocycles. The molecule has 0 aliphatic carbocycles. The first-order valence-electron chi connectivity index (χ1n) is 15.4. The van der Waals surface area contributed by atoms with Crippen LogP contribution in [0.4, 0.5) is 18.9 Å². The van der Waals surface area contributed by atoms with Crippen molar-refractivity contribution in [1.82, 2.24) is 14.5 Å². The van der Waals surface area contributed by atoms with Crippen LogP contribution in [-0.4, -0.2) is 81.5 Å². The second kappa shape index (κ2) is 14.5. The van der Waals surface area contributed by atoms with Gasteiger partial charge < -0.3 is 24.7 Å². The van der Waals surface area contributed by atoms with Crippen LogP contribution >= 0.6 is 0 Å². The van der Waals surface area contributed by atoms with Crippen molar-refractivity contribution in [3.63, 3.8) is 0 Å². The van der Waals surface area contributed by atoms with E-state index in [2.05, 4.69) is 4.90 Å². The lowest BCUT2D eigenvalue weighted by Gasteiger charge is -2.36. The van der Waals surface area contributed by atoms with Gasteiger partial charge in [0.25, 0.3) is 5.91 Å². The Morgan fingerprint density at radius 1 is 0.857 bits per heavy atom. The van der Waals surface area contributed by atoms with Gasteiger partial charge in [-0.1, -0.05) is 60.2 Å². The SMILES string of the molecule is CCOc1cccc(-n2cc(C(=O)N3CCN(c4cc5ccccc5cc4C(=O)O)CC3)nc2-c2ccc(C)cc2)c1.O=C(O)C(F)(F)F. The van der Waals surface area contributed by atoms with E-state index in [9.17, 15) is 27.9 Å². The summed E-state index contributed by atoms with van der Waals surface area (Å²) in [6.07, 6.45) is -3.29. The highest BCUT2D eigenvalue weighted by molar-refractivity contribution is 6.01. The minimum atomic E-state index is -5.08. The van der Waals surface area contributed by atoms with Gasteiger partial charge in [0, 0.05) is 44.0 Å². The molecule has 0 radical (unpaired) electrons. The molecular weight excluding hydrogens is 641 g/mol. The Balaban J connectivity index is 0.000000606. The number of hydrogen-bond acceptors (Lipinski definition) is 6. The molecule has 1 aliphatic rings. The van der Waals surface area contributed by atoms with Crippen molar-refractivity contribution in [3.8, 4) is 22.8 Å². The first kappa shape index (κ1) is 34.5. The molecule has 6 rings (SSSR count). The number of imidazole rings is 1. The fourth-order valence-electron chi connectivity index (χ4n) is 5.45. The molecule has 1 saturated heterocycles. The fraction of sp³-hybridized carbons (Fsp3) is 0.222. The van der Waals surface area contributed by atoms with Gasteiger partial charge in [-0.3, -0.25) is 9.36 Å². The fourth-order valence-corrected chi connectivity index (χ4v) is 5.45. The molecule has 0 bridgehead atoms. The van der Waals surface area contributed by atoms with Gasteiger partial charge in [-0.05, 0) is 48.9 Å². The zero-order valence-electron chi connectivity index (χ0n) is 26.6. The number of halogens is 3. The van der Waals surface area contributed by atoms with Crippen molar-refractivity contribution in [2.75, 3.05) is 37.7 Å². The minimum Gasteiger partial charge on any atom is -0.494 e. The molecular formula is C36H33F3N4O6. The molecule has 0 atom stereocenters. The summed E-state index contributed by atoms with van der Waals surface area (Å²) in [5.74, 6) is -2.45. The second-order valence-corrected chi connectivity index (χ2v) is 11.2. The molecule has 1 fully saturated rings. The molecule has 4 aromatic carbocycles. The number of fused-ring (bicyclic) bond motifs is 1. The number of anilines is 1. The third-order valence-electron chi connectivity index (χ3n) is 7.89. The number of carbonyl (C=O) groups excluding carboxylic acids is 1. The van der Waals surface area contributed by atoms with Crippen molar-refractivity contribution < 1.29 is 42.5 Å². The number of piperazine rings is 1. The van der Waals surface area contributed by atoms with Crippen molar-refractivity contribution in [2.24, 2.45) is 0 Å². The molecule has 10 nitrogen and oxygen atoms in total. The quantitative estimate of drug-likeness (QED) is 0.196. The van der Waals surface area contributed by atoms with Crippen LogP contribution in [0.3, 0.4) is 0 Å². The van der Waals surface area contributed by atoms with Crippen LogP contribution in [0.25, 0.3) is 27.8 Å². The number of aliphatic carboxylic acids is 1. The average molecular weight is 675 g/mol. The maximum absolute atomic E-state index is 13.8. The highest BCUT2D eigenvalue weighted by Crippen LogP contribution is 2.30. The summed E-state index contributed by atoms with van der Waals surface area (Å²) in [6.45, 7) is 6.49. The third kappa shape index (κ3) is 8.00. The first-order valence-corrected chi connectivity index (χ1v) is 15.4. The smallest absolute Gasteiger partial charge is 0.490 e. The molecule has 1 amide bonds. The van der Waals surface area contributed by atoms with Gasteiger partial charge in [-0.2, -0.15) is 13.2 Å². The lowest BCUT2D eigenvalue weighted by atomic mass is 10.0. The number of aryl methyl sites for hydroxylation is 1. The number of carboxylic acid groups (broad SMARTS) is 2. The van der Waals surface area contributed by atoms with Crippen LogP contribution in [0, 0.1) is 6.92 Å². The molecule has 0 spiro atoms. The molecule has 254 valence electrons. The van der Waals surface area contributed by atoms with Crippen LogP contribution in [0.1, 0.15) is 33.3 Å². The molecule has 1 aliphatic heterocycles. The topological polar surface area (TPSA) is 125 Å². The Bertz CT molecular complexity index is 1980. The first-order chi connectivity index (χ1) is 23.3. The number of hydrogen-bond donors (Lipinski definition) is 2. The number of carboxylic acids is 2. The van der Waals surface area contributed by atoms with Gasteiger partial charge in [0.15, 0.2) is 0 Å². The third-order valence-corrected chi connectivity index (χ3v) is 7.89. The summed E-state index contributed by atoms with van der Waals surface area (Å²) in [5.41, 5.74) is 4.20. The summed E-state index contributed by atoms with van der Waals surface area (Å²) in [4.78, 5) is 43.4. The Morgan fingerprint density at radius 2 is 1.49 bits per heavy atom. The Hall–Kier alpha value is -5.85. The van der Waals surface area contributed by atoms with Gasteiger partial charge in [0.1, 0.15) is 17.3 Å². The predicted octanol–water partition coefficient (Wildman–Crippen LogP) is 6.69. The lowest BCUT2D eigenvalue weighted by Crippen LogP contribution is -2.49. The van der Waals surface area contributed by atoms with E-state index in [0.29, 0.717) is 50.0 Å². The summed E-state index contributed by atoms with van der Waals surface area (Å²) < 4.78 is 39.4. The summed E-state index contributed by atoms with van der Waals surface area (Å²) in [7, 11) is 0. The van der Waals surface area contributed by atoms with Crippen LogP contribution in [-0.2, 0) is 4.79 Å². The zero-order chi connectivity index (χ0) is 35.3. The van der Waals surface area contributed by atoms with E-state index in [-0.39, 0.29) is 11.5 Å². The highest BCUT2D eigenvalue weighted by Gasteiger charge is 2.38. The van der Waals surface area contributed by atoms with Crippen molar-refractivity contribution in [3.05, 3.63) is 108 Å².